The molecule has 0 saturated carbocycles. The van der Waals surface area contributed by atoms with Gasteiger partial charge in [0.05, 0.1) is 10.4 Å². The lowest BCUT2D eigenvalue weighted by molar-refractivity contribution is 0.669. The predicted molar refractivity (Wildman–Crippen MR) is 210 cm³/mol. The molecule has 0 aliphatic rings. The monoisotopic (exact) mass is 643 g/mol. The van der Waals surface area contributed by atoms with Gasteiger partial charge >= 0.3 is 0 Å². The maximum atomic E-state index is 6.29. The molecule has 2 nitrogen and oxygen atoms in total. The topological polar surface area (TPSA) is 16.4 Å². The standard InChI is InChI=1S/C46H29NOS/c1-2-9-30(10-3-1)31-17-23-35(24-18-31)47(41-15-8-14-39-38-13-6-7-16-44(38)49-46(39)41)36-25-19-32(20-26-36)34-22-27-42-40(29-34)45-37-12-5-4-11-33(37)21-28-43(45)48-42/h1-29H. The average molecular weight is 644 g/mol. The fourth-order valence-corrected chi connectivity index (χ4v) is 8.51. The van der Waals surface area contributed by atoms with Gasteiger partial charge in [0.1, 0.15) is 11.2 Å². The molecule has 0 saturated heterocycles. The summed E-state index contributed by atoms with van der Waals surface area (Å²) < 4.78 is 8.87. The lowest BCUT2D eigenvalue weighted by Crippen LogP contribution is -2.10. The SMILES string of the molecule is c1ccc(-c2ccc(N(c3ccc(-c4ccc5oc6ccc7ccccc7c6c5c4)cc3)c3cccc4c3sc3ccccc34)cc2)cc1. The van der Waals surface area contributed by atoms with Crippen molar-refractivity contribution in [1.82, 2.24) is 0 Å². The van der Waals surface area contributed by atoms with E-state index in [1.54, 1.807) is 0 Å². The first kappa shape index (κ1) is 27.9. The molecule has 0 unspecified atom stereocenters. The maximum absolute atomic E-state index is 6.29. The third-order valence-corrected chi connectivity index (χ3v) is 10.9. The Morgan fingerprint density at radius 3 is 1.82 bits per heavy atom. The van der Waals surface area contributed by atoms with Crippen LogP contribution in [0, 0.1) is 0 Å². The quantitative estimate of drug-likeness (QED) is 0.186. The Labute approximate surface area is 287 Å². The Morgan fingerprint density at radius 1 is 0.408 bits per heavy atom. The number of nitrogens with zero attached hydrogens (tertiary/aromatic N) is 1. The van der Waals surface area contributed by atoms with Crippen molar-refractivity contribution in [2.45, 2.75) is 0 Å². The van der Waals surface area contributed by atoms with Gasteiger partial charge < -0.3 is 9.32 Å². The lowest BCUT2D eigenvalue weighted by Gasteiger charge is -2.26. The van der Waals surface area contributed by atoms with Crippen LogP contribution in [0.2, 0.25) is 0 Å². The van der Waals surface area contributed by atoms with Crippen molar-refractivity contribution in [3.05, 3.63) is 176 Å². The summed E-state index contributed by atoms with van der Waals surface area (Å²) >= 11 is 1.86. The Bertz CT molecular complexity index is 2810. The molecule has 0 spiro atoms. The molecule has 2 heterocycles. The second-order valence-corrected chi connectivity index (χ2v) is 13.6. The minimum Gasteiger partial charge on any atom is -0.456 e. The summed E-state index contributed by atoms with van der Waals surface area (Å²) in [5.41, 5.74) is 10.00. The van der Waals surface area contributed by atoms with Crippen LogP contribution < -0.4 is 4.90 Å². The fraction of sp³-hybridized carbons (Fsp3) is 0. The van der Waals surface area contributed by atoms with E-state index in [4.69, 9.17) is 4.42 Å². The summed E-state index contributed by atoms with van der Waals surface area (Å²) in [5.74, 6) is 0. The van der Waals surface area contributed by atoms with Gasteiger partial charge in [-0.15, -0.1) is 11.3 Å². The minimum atomic E-state index is 0.910. The molecule has 0 bridgehead atoms. The van der Waals surface area contributed by atoms with Gasteiger partial charge in [-0.1, -0.05) is 121 Å². The first-order valence-electron chi connectivity index (χ1n) is 16.6. The summed E-state index contributed by atoms with van der Waals surface area (Å²) in [6.07, 6.45) is 0. The predicted octanol–water partition coefficient (Wildman–Crippen LogP) is 13.9. The zero-order valence-corrected chi connectivity index (χ0v) is 27.3. The number of benzene rings is 8. The molecule has 0 amide bonds. The van der Waals surface area contributed by atoms with E-state index in [1.165, 1.54) is 64.3 Å². The Hall–Kier alpha value is -6.16. The van der Waals surface area contributed by atoms with E-state index in [1.807, 2.05) is 11.3 Å². The molecular weight excluding hydrogens is 615 g/mol. The van der Waals surface area contributed by atoms with Gasteiger partial charge in [-0.2, -0.15) is 0 Å². The number of anilines is 3. The summed E-state index contributed by atoms with van der Waals surface area (Å²) in [6, 6.07) is 63.2. The van der Waals surface area contributed by atoms with Gasteiger partial charge in [-0.05, 0) is 87.6 Å². The molecule has 3 heteroatoms. The highest BCUT2D eigenvalue weighted by atomic mass is 32.1. The summed E-state index contributed by atoms with van der Waals surface area (Å²) in [4.78, 5) is 2.40. The van der Waals surface area contributed by atoms with Crippen molar-refractivity contribution in [3.63, 3.8) is 0 Å². The Balaban J connectivity index is 1.10. The highest BCUT2D eigenvalue weighted by molar-refractivity contribution is 7.26. The zero-order chi connectivity index (χ0) is 32.3. The van der Waals surface area contributed by atoms with Crippen LogP contribution in [0.1, 0.15) is 0 Å². The van der Waals surface area contributed by atoms with Crippen molar-refractivity contribution < 1.29 is 4.42 Å². The van der Waals surface area contributed by atoms with Crippen LogP contribution in [0.5, 0.6) is 0 Å². The van der Waals surface area contributed by atoms with E-state index >= 15 is 0 Å². The molecule has 2 aromatic heterocycles. The minimum absolute atomic E-state index is 0.910. The van der Waals surface area contributed by atoms with Crippen LogP contribution >= 0.6 is 11.3 Å². The number of hydrogen-bond acceptors (Lipinski definition) is 3. The van der Waals surface area contributed by atoms with Crippen LogP contribution in [0.15, 0.2) is 180 Å². The molecule has 0 atom stereocenters. The third kappa shape index (κ3) is 4.62. The highest BCUT2D eigenvalue weighted by Gasteiger charge is 2.19. The molecule has 49 heavy (non-hydrogen) atoms. The van der Waals surface area contributed by atoms with Gasteiger partial charge in [-0.25, -0.2) is 0 Å². The Morgan fingerprint density at radius 2 is 1.02 bits per heavy atom. The van der Waals surface area contributed by atoms with Crippen LogP contribution in [0.25, 0.3) is 75.1 Å². The van der Waals surface area contributed by atoms with Crippen LogP contribution in [-0.4, -0.2) is 0 Å². The number of furan rings is 1. The van der Waals surface area contributed by atoms with E-state index in [0.717, 1.165) is 27.9 Å². The lowest BCUT2D eigenvalue weighted by atomic mass is 9.99. The van der Waals surface area contributed by atoms with E-state index in [0.29, 0.717) is 0 Å². The van der Waals surface area contributed by atoms with Gasteiger partial charge in [0.2, 0.25) is 0 Å². The third-order valence-electron chi connectivity index (χ3n) is 9.68. The van der Waals surface area contributed by atoms with Gasteiger partial charge in [-0.3, -0.25) is 0 Å². The number of hydrogen-bond donors (Lipinski definition) is 0. The summed E-state index contributed by atoms with van der Waals surface area (Å²) in [6.45, 7) is 0. The van der Waals surface area contributed by atoms with Crippen molar-refractivity contribution in [3.8, 4) is 22.3 Å². The van der Waals surface area contributed by atoms with Crippen LogP contribution in [-0.2, 0) is 0 Å². The molecule has 0 fully saturated rings. The van der Waals surface area contributed by atoms with E-state index in [-0.39, 0.29) is 0 Å². The number of rotatable bonds is 5. The van der Waals surface area contributed by atoms with Gasteiger partial charge in [0, 0.05) is 37.6 Å². The van der Waals surface area contributed by atoms with Crippen LogP contribution in [0.3, 0.4) is 0 Å². The molecule has 0 aliphatic heterocycles. The zero-order valence-electron chi connectivity index (χ0n) is 26.5. The maximum Gasteiger partial charge on any atom is 0.136 e. The Kier molecular flexibility index (Phi) is 6.39. The second-order valence-electron chi connectivity index (χ2n) is 12.5. The molecule has 8 aromatic carbocycles. The molecule has 230 valence electrons. The van der Waals surface area contributed by atoms with Crippen molar-refractivity contribution in [1.29, 1.82) is 0 Å². The van der Waals surface area contributed by atoms with E-state index in [2.05, 4.69) is 181 Å². The van der Waals surface area contributed by atoms with E-state index in [9.17, 15) is 0 Å². The molecule has 0 N–H and O–H groups in total. The van der Waals surface area contributed by atoms with E-state index < -0.39 is 0 Å². The number of thiophene rings is 1. The molecule has 0 radical (unpaired) electrons. The first-order chi connectivity index (χ1) is 24.3. The van der Waals surface area contributed by atoms with Crippen molar-refractivity contribution in [2.75, 3.05) is 4.90 Å². The van der Waals surface area contributed by atoms with Crippen molar-refractivity contribution >= 4 is 81.3 Å². The van der Waals surface area contributed by atoms with Gasteiger partial charge in [0.25, 0.3) is 0 Å². The molecule has 10 aromatic rings. The molecular formula is C46H29NOS. The fourth-order valence-electron chi connectivity index (χ4n) is 7.30. The first-order valence-corrected chi connectivity index (χ1v) is 17.4. The molecule has 0 aliphatic carbocycles. The summed E-state index contributed by atoms with van der Waals surface area (Å²) in [5, 5.41) is 7.34. The van der Waals surface area contributed by atoms with Gasteiger partial charge in [0.15, 0.2) is 0 Å². The smallest absolute Gasteiger partial charge is 0.136 e. The average Bonchev–Trinajstić information content (AvgIpc) is 3.75. The largest absolute Gasteiger partial charge is 0.456 e. The van der Waals surface area contributed by atoms with Crippen LogP contribution in [0.4, 0.5) is 17.1 Å². The normalized spacial score (nSPS) is 11.7. The number of fused-ring (bicyclic) bond motifs is 8. The van der Waals surface area contributed by atoms with Crippen molar-refractivity contribution in [2.24, 2.45) is 0 Å². The summed E-state index contributed by atoms with van der Waals surface area (Å²) in [7, 11) is 0. The highest BCUT2D eigenvalue weighted by Crippen LogP contribution is 2.45. The molecule has 10 rings (SSSR count). The second kappa shape index (κ2) is 11.2.